The van der Waals surface area contributed by atoms with E-state index in [-0.39, 0.29) is 0 Å². The maximum atomic E-state index is 3.62. The van der Waals surface area contributed by atoms with Gasteiger partial charge in [-0.05, 0) is 43.9 Å². The van der Waals surface area contributed by atoms with Crippen LogP contribution in [0.25, 0.3) is 0 Å². The number of hydrogen-bond donors (Lipinski definition) is 1. The SMILES string of the molecule is CCCC(C)CNC(C)c1ccccc1C. The number of aryl methyl sites for hydroxylation is 1. The van der Waals surface area contributed by atoms with Crippen LogP contribution in [-0.4, -0.2) is 6.54 Å². The largest absolute Gasteiger partial charge is 0.310 e. The van der Waals surface area contributed by atoms with Gasteiger partial charge in [0.15, 0.2) is 0 Å². The van der Waals surface area contributed by atoms with Crippen LogP contribution in [0.5, 0.6) is 0 Å². The van der Waals surface area contributed by atoms with Gasteiger partial charge in [-0.25, -0.2) is 0 Å². The molecular weight excluding hydrogens is 194 g/mol. The van der Waals surface area contributed by atoms with Gasteiger partial charge >= 0.3 is 0 Å². The molecule has 0 heterocycles. The molecule has 0 saturated heterocycles. The fraction of sp³-hybridized carbons (Fsp3) is 0.600. The first-order valence-corrected chi connectivity index (χ1v) is 6.44. The van der Waals surface area contributed by atoms with Gasteiger partial charge in [-0.3, -0.25) is 0 Å². The van der Waals surface area contributed by atoms with Crippen LogP contribution in [0.3, 0.4) is 0 Å². The summed E-state index contributed by atoms with van der Waals surface area (Å²) in [5.74, 6) is 0.775. The molecule has 0 spiro atoms. The predicted molar refractivity (Wildman–Crippen MR) is 71.7 cm³/mol. The van der Waals surface area contributed by atoms with Crippen molar-refractivity contribution in [2.24, 2.45) is 5.92 Å². The van der Waals surface area contributed by atoms with Crippen molar-refractivity contribution in [3.63, 3.8) is 0 Å². The zero-order valence-corrected chi connectivity index (χ0v) is 11.1. The molecule has 0 fully saturated rings. The Labute approximate surface area is 100 Å². The monoisotopic (exact) mass is 219 g/mol. The number of nitrogens with one attached hydrogen (secondary N) is 1. The van der Waals surface area contributed by atoms with Crippen molar-refractivity contribution < 1.29 is 0 Å². The van der Waals surface area contributed by atoms with E-state index in [2.05, 4.69) is 57.3 Å². The fourth-order valence-electron chi connectivity index (χ4n) is 2.16. The predicted octanol–water partition coefficient (Wildman–Crippen LogP) is 4.08. The lowest BCUT2D eigenvalue weighted by Gasteiger charge is -2.19. The highest BCUT2D eigenvalue weighted by Crippen LogP contribution is 2.17. The highest BCUT2D eigenvalue weighted by molar-refractivity contribution is 5.28. The van der Waals surface area contributed by atoms with E-state index < -0.39 is 0 Å². The summed E-state index contributed by atoms with van der Waals surface area (Å²) in [5.41, 5.74) is 2.80. The second-order valence-electron chi connectivity index (χ2n) is 4.88. The second kappa shape index (κ2) is 6.70. The van der Waals surface area contributed by atoms with Crippen LogP contribution < -0.4 is 5.32 Å². The van der Waals surface area contributed by atoms with Gasteiger partial charge in [0, 0.05) is 6.04 Å². The molecule has 1 aromatic carbocycles. The third-order valence-electron chi connectivity index (χ3n) is 3.21. The molecular formula is C15H25N. The first kappa shape index (κ1) is 13.2. The molecule has 0 amide bonds. The highest BCUT2D eigenvalue weighted by Gasteiger charge is 2.08. The van der Waals surface area contributed by atoms with Gasteiger partial charge in [-0.1, -0.05) is 44.5 Å². The molecule has 2 unspecified atom stereocenters. The van der Waals surface area contributed by atoms with E-state index in [1.54, 1.807) is 0 Å². The Morgan fingerprint density at radius 1 is 1.19 bits per heavy atom. The van der Waals surface area contributed by atoms with Gasteiger partial charge < -0.3 is 5.32 Å². The van der Waals surface area contributed by atoms with Crippen molar-refractivity contribution in [1.82, 2.24) is 5.32 Å². The van der Waals surface area contributed by atoms with Crippen LogP contribution in [-0.2, 0) is 0 Å². The van der Waals surface area contributed by atoms with Crippen LogP contribution in [0.4, 0.5) is 0 Å². The number of hydrogen-bond acceptors (Lipinski definition) is 1. The van der Waals surface area contributed by atoms with Crippen molar-refractivity contribution in [2.45, 2.75) is 46.6 Å². The van der Waals surface area contributed by atoms with Crippen molar-refractivity contribution in [2.75, 3.05) is 6.54 Å². The normalized spacial score (nSPS) is 14.8. The van der Waals surface area contributed by atoms with Gasteiger partial charge in [0.25, 0.3) is 0 Å². The summed E-state index contributed by atoms with van der Waals surface area (Å²) in [5, 5.41) is 3.62. The smallest absolute Gasteiger partial charge is 0.0294 e. The average molecular weight is 219 g/mol. The Bertz CT molecular complexity index is 306. The van der Waals surface area contributed by atoms with Crippen molar-refractivity contribution in [1.29, 1.82) is 0 Å². The molecule has 2 atom stereocenters. The Balaban J connectivity index is 2.46. The van der Waals surface area contributed by atoms with Gasteiger partial charge in [0.1, 0.15) is 0 Å². The first-order chi connectivity index (χ1) is 7.65. The molecule has 0 radical (unpaired) electrons. The van der Waals surface area contributed by atoms with E-state index in [1.807, 2.05) is 0 Å². The quantitative estimate of drug-likeness (QED) is 0.760. The van der Waals surface area contributed by atoms with E-state index >= 15 is 0 Å². The van der Waals surface area contributed by atoms with Crippen molar-refractivity contribution >= 4 is 0 Å². The molecule has 90 valence electrons. The Morgan fingerprint density at radius 3 is 2.50 bits per heavy atom. The summed E-state index contributed by atoms with van der Waals surface area (Å²) >= 11 is 0. The lowest BCUT2D eigenvalue weighted by Crippen LogP contribution is -2.24. The van der Waals surface area contributed by atoms with Crippen LogP contribution in [0.15, 0.2) is 24.3 Å². The third-order valence-corrected chi connectivity index (χ3v) is 3.21. The summed E-state index contributed by atoms with van der Waals surface area (Å²) in [4.78, 5) is 0. The minimum atomic E-state index is 0.459. The van der Waals surface area contributed by atoms with Crippen LogP contribution in [0, 0.1) is 12.8 Å². The molecule has 1 rings (SSSR count). The lowest BCUT2D eigenvalue weighted by atomic mass is 10.0. The number of benzene rings is 1. The van der Waals surface area contributed by atoms with Gasteiger partial charge in [-0.15, -0.1) is 0 Å². The molecule has 1 N–H and O–H groups in total. The minimum absolute atomic E-state index is 0.459. The first-order valence-electron chi connectivity index (χ1n) is 6.44. The molecule has 16 heavy (non-hydrogen) atoms. The van der Waals surface area contributed by atoms with Gasteiger partial charge in [0.2, 0.25) is 0 Å². The summed E-state index contributed by atoms with van der Waals surface area (Å²) < 4.78 is 0. The fourth-order valence-corrected chi connectivity index (χ4v) is 2.16. The van der Waals surface area contributed by atoms with Crippen LogP contribution in [0.2, 0.25) is 0 Å². The van der Waals surface area contributed by atoms with Gasteiger partial charge in [-0.2, -0.15) is 0 Å². The summed E-state index contributed by atoms with van der Waals surface area (Å²) in [6, 6.07) is 9.09. The Morgan fingerprint density at radius 2 is 1.88 bits per heavy atom. The number of rotatable bonds is 6. The van der Waals surface area contributed by atoms with Crippen molar-refractivity contribution in [3.8, 4) is 0 Å². The summed E-state index contributed by atoms with van der Waals surface area (Å²) in [7, 11) is 0. The lowest BCUT2D eigenvalue weighted by molar-refractivity contribution is 0.443. The van der Waals surface area contributed by atoms with E-state index in [4.69, 9.17) is 0 Å². The van der Waals surface area contributed by atoms with Crippen LogP contribution >= 0.6 is 0 Å². The Hall–Kier alpha value is -0.820. The maximum absolute atomic E-state index is 3.62. The zero-order valence-electron chi connectivity index (χ0n) is 11.1. The Kier molecular flexibility index (Phi) is 5.54. The van der Waals surface area contributed by atoms with Crippen molar-refractivity contribution in [3.05, 3.63) is 35.4 Å². The summed E-state index contributed by atoms with van der Waals surface area (Å²) in [6.45, 7) is 10.1. The molecule has 0 aliphatic rings. The zero-order chi connectivity index (χ0) is 12.0. The van der Waals surface area contributed by atoms with E-state index in [9.17, 15) is 0 Å². The third kappa shape index (κ3) is 3.97. The topological polar surface area (TPSA) is 12.0 Å². The van der Waals surface area contributed by atoms with E-state index in [1.165, 1.54) is 24.0 Å². The molecule has 1 aromatic rings. The molecule has 0 aliphatic heterocycles. The molecule has 0 bridgehead atoms. The standard InChI is InChI=1S/C15H25N/c1-5-8-12(2)11-16-14(4)15-10-7-6-9-13(15)3/h6-7,9-10,12,14,16H,5,8,11H2,1-4H3. The second-order valence-corrected chi connectivity index (χ2v) is 4.88. The van der Waals surface area contributed by atoms with Crippen LogP contribution in [0.1, 0.15) is 50.8 Å². The molecule has 0 aromatic heterocycles. The van der Waals surface area contributed by atoms with E-state index in [0.717, 1.165) is 12.5 Å². The summed E-state index contributed by atoms with van der Waals surface area (Å²) in [6.07, 6.45) is 2.59. The molecule has 1 heteroatoms. The van der Waals surface area contributed by atoms with E-state index in [0.29, 0.717) is 6.04 Å². The molecule has 1 nitrogen and oxygen atoms in total. The highest BCUT2D eigenvalue weighted by atomic mass is 14.9. The average Bonchev–Trinajstić information content (AvgIpc) is 2.27. The van der Waals surface area contributed by atoms with Gasteiger partial charge in [0.05, 0.1) is 0 Å². The molecule has 0 saturated carbocycles. The maximum Gasteiger partial charge on any atom is 0.0294 e. The minimum Gasteiger partial charge on any atom is -0.310 e. The molecule has 0 aliphatic carbocycles.